The molecule has 0 radical (unpaired) electrons. The average Bonchev–Trinajstić information content (AvgIpc) is 3.52. The van der Waals surface area contributed by atoms with Crippen LogP contribution >= 0.6 is 0 Å². The first kappa shape index (κ1) is 21.5. The van der Waals surface area contributed by atoms with Crippen molar-refractivity contribution in [3.05, 3.63) is 52.9 Å². The zero-order chi connectivity index (χ0) is 20.7. The number of carbonyl (C=O) groups excluding carboxylic acids is 2. The Morgan fingerprint density at radius 1 is 1.14 bits per heavy atom. The van der Waals surface area contributed by atoms with Crippen LogP contribution in [0.3, 0.4) is 0 Å². The molecule has 0 saturated heterocycles. The second kappa shape index (κ2) is 9.97. The molecule has 6 heteroatoms. The Hall–Kier alpha value is -2.76. The number of nitrogens with two attached hydrogens (primary N) is 1. The minimum Gasteiger partial charge on any atom is -0.393 e. The van der Waals surface area contributed by atoms with Crippen LogP contribution in [-0.2, 0) is 4.79 Å². The van der Waals surface area contributed by atoms with Gasteiger partial charge < -0.3 is 21.3 Å². The second-order valence-corrected chi connectivity index (χ2v) is 7.02. The van der Waals surface area contributed by atoms with E-state index in [1.807, 2.05) is 37.1 Å². The fourth-order valence-electron chi connectivity index (χ4n) is 2.85. The van der Waals surface area contributed by atoms with E-state index >= 15 is 0 Å². The highest BCUT2D eigenvalue weighted by Crippen LogP contribution is 2.24. The van der Waals surface area contributed by atoms with Crippen molar-refractivity contribution in [2.24, 2.45) is 5.73 Å². The Morgan fingerprint density at radius 2 is 1.75 bits per heavy atom. The number of nitrogens with zero attached hydrogens (tertiary/aromatic N) is 1. The lowest BCUT2D eigenvalue weighted by Gasteiger charge is -2.24. The van der Waals surface area contributed by atoms with Crippen LogP contribution in [0.25, 0.3) is 0 Å². The number of hydrogen-bond acceptors (Lipinski definition) is 4. The molecule has 152 valence electrons. The minimum absolute atomic E-state index is 0.102. The Labute approximate surface area is 167 Å². The van der Waals surface area contributed by atoms with Gasteiger partial charge in [-0.2, -0.15) is 0 Å². The molecule has 1 aliphatic carbocycles. The molecule has 2 rings (SSSR count). The highest BCUT2D eigenvalue weighted by atomic mass is 16.2. The van der Waals surface area contributed by atoms with Gasteiger partial charge in [0, 0.05) is 30.9 Å². The van der Waals surface area contributed by atoms with Crippen LogP contribution in [0.15, 0.2) is 47.3 Å². The molecule has 0 aliphatic heterocycles. The maximum absolute atomic E-state index is 12.5. The normalized spacial score (nSPS) is 14.0. The first-order valence-corrected chi connectivity index (χ1v) is 10.0. The lowest BCUT2D eigenvalue weighted by atomic mass is 10.1. The van der Waals surface area contributed by atoms with Crippen LogP contribution in [0.4, 0.5) is 5.69 Å². The summed E-state index contributed by atoms with van der Waals surface area (Å²) >= 11 is 0. The van der Waals surface area contributed by atoms with E-state index in [-0.39, 0.29) is 23.6 Å². The third kappa shape index (κ3) is 5.62. The van der Waals surface area contributed by atoms with Crippen molar-refractivity contribution in [2.75, 3.05) is 18.5 Å². The first-order chi connectivity index (χ1) is 13.4. The second-order valence-electron chi connectivity index (χ2n) is 7.02. The molecule has 0 unspecified atom stereocenters. The molecule has 28 heavy (non-hydrogen) atoms. The van der Waals surface area contributed by atoms with Crippen molar-refractivity contribution in [3.8, 4) is 0 Å². The lowest BCUT2D eigenvalue weighted by Crippen LogP contribution is -2.34. The number of nitrogens with one attached hydrogen (secondary N) is 2. The molecule has 1 aromatic rings. The van der Waals surface area contributed by atoms with Gasteiger partial charge in [-0.15, -0.1) is 0 Å². The van der Waals surface area contributed by atoms with Crippen LogP contribution in [-0.4, -0.2) is 31.4 Å². The van der Waals surface area contributed by atoms with Gasteiger partial charge in [-0.05, 0) is 62.9 Å². The summed E-state index contributed by atoms with van der Waals surface area (Å²) in [7, 11) is 1.88. The Kier molecular flexibility index (Phi) is 7.67. The molecule has 6 nitrogen and oxygen atoms in total. The van der Waals surface area contributed by atoms with Gasteiger partial charge in [0.2, 0.25) is 0 Å². The van der Waals surface area contributed by atoms with Gasteiger partial charge in [-0.25, -0.2) is 0 Å². The van der Waals surface area contributed by atoms with Gasteiger partial charge in [0.05, 0.1) is 5.70 Å². The van der Waals surface area contributed by atoms with Gasteiger partial charge >= 0.3 is 0 Å². The molecule has 0 bridgehead atoms. The zero-order valence-electron chi connectivity index (χ0n) is 17.3. The first-order valence-electron chi connectivity index (χ1n) is 10.0. The predicted molar refractivity (Wildman–Crippen MR) is 114 cm³/mol. The van der Waals surface area contributed by atoms with Crippen LogP contribution in [0.2, 0.25) is 0 Å². The number of benzene rings is 1. The summed E-state index contributed by atoms with van der Waals surface area (Å²) in [6.07, 6.45) is 5.80. The van der Waals surface area contributed by atoms with Crippen LogP contribution in [0, 0.1) is 0 Å². The third-order valence-electron chi connectivity index (χ3n) is 4.90. The smallest absolute Gasteiger partial charge is 0.269 e. The van der Waals surface area contributed by atoms with Gasteiger partial charge in [0.25, 0.3) is 11.8 Å². The number of allylic oxidation sites excluding steroid dienone is 2. The van der Waals surface area contributed by atoms with E-state index in [1.165, 1.54) is 5.57 Å². The molecule has 0 atom stereocenters. The summed E-state index contributed by atoms with van der Waals surface area (Å²) in [6, 6.07) is 7.53. The summed E-state index contributed by atoms with van der Waals surface area (Å²) in [4.78, 5) is 26.4. The maximum atomic E-state index is 12.5. The van der Waals surface area contributed by atoms with Crippen molar-refractivity contribution in [1.82, 2.24) is 10.6 Å². The third-order valence-corrected chi connectivity index (χ3v) is 4.90. The summed E-state index contributed by atoms with van der Waals surface area (Å²) in [5.74, 6) is -0.332. The molecule has 1 fully saturated rings. The molecular weight excluding hydrogens is 352 g/mol. The van der Waals surface area contributed by atoms with E-state index in [1.54, 1.807) is 12.1 Å². The molecule has 0 spiro atoms. The maximum Gasteiger partial charge on any atom is 0.269 e. The summed E-state index contributed by atoms with van der Waals surface area (Å²) < 4.78 is 0. The molecular formula is C22H32N4O2. The fourth-order valence-corrected chi connectivity index (χ4v) is 2.85. The van der Waals surface area contributed by atoms with Crippen molar-refractivity contribution < 1.29 is 9.59 Å². The van der Waals surface area contributed by atoms with E-state index < -0.39 is 0 Å². The van der Waals surface area contributed by atoms with Crippen molar-refractivity contribution in [2.45, 2.75) is 52.5 Å². The van der Waals surface area contributed by atoms with Crippen molar-refractivity contribution in [3.63, 3.8) is 0 Å². The van der Waals surface area contributed by atoms with E-state index in [9.17, 15) is 9.59 Å². The predicted octanol–water partition coefficient (Wildman–Crippen LogP) is 3.07. The number of likely N-dealkylation sites (N-methyl/N-ethyl adjacent to an activating group) is 1. The van der Waals surface area contributed by atoms with Crippen molar-refractivity contribution in [1.29, 1.82) is 0 Å². The number of anilines is 1. The van der Waals surface area contributed by atoms with Crippen LogP contribution < -0.4 is 21.3 Å². The summed E-state index contributed by atoms with van der Waals surface area (Å²) in [5, 5.41) is 5.74. The number of amides is 2. The van der Waals surface area contributed by atoms with E-state index in [4.69, 9.17) is 5.73 Å². The molecule has 1 aliphatic rings. The number of hydrogen-bond donors (Lipinski definition) is 3. The summed E-state index contributed by atoms with van der Waals surface area (Å²) in [5.41, 5.74) is 9.81. The molecule has 2 amide bonds. The molecule has 4 N–H and O–H groups in total. The molecule has 1 saturated carbocycles. The minimum atomic E-state index is -0.230. The number of rotatable bonds is 9. The molecule has 0 heterocycles. The fraction of sp³-hybridized carbons (Fsp3) is 0.455. The molecule has 1 aromatic carbocycles. The molecule has 0 aromatic heterocycles. The SMILES string of the molecule is CCNC(=O)c1ccc(N(C)/C(C=C(CC)CC)=C(\N)C(=O)NC2CC2)cc1. The van der Waals surface area contributed by atoms with E-state index in [2.05, 4.69) is 24.5 Å². The Morgan fingerprint density at radius 3 is 2.25 bits per heavy atom. The summed E-state index contributed by atoms with van der Waals surface area (Å²) in [6.45, 7) is 6.66. The highest BCUT2D eigenvalue weighted by molar-refractivity contribution is 5.95. The Bertz CT molecular complexity index is 755. The van der Waals surface area contributed by atoms with Crippen molar-refractivity contribution >= 4 is 17.5 Å². The van der Waals surface area contributed by atoms with Gasteiger partial charge in [0.15, 0.2) is 0 Å². The highest BCUT2D eigenvalue weighted by Gasteiger charge is 2.25. The standard InChI is InChI=1S/C22H32N4O2/c1-5-15(6-2)14-19(20(23)22(28)25-17-10-11-17)26(4)18-12-8-16(9-13-18)21(27)24-7-3/h8-9,12-14,17H,5-7,10-11,23H2,1-4H3,(H,24,27)(H,25,28)/b20-19-. The van der Waals surface area contributed by atoms with E-state index in [0.717, 1.165) is 31.4 Å². The quantitative estimate of drug-likeness (QED) is 0.451. The van der Waals surface area contributed by atoms with Gasteiger partial charge in [-0.1, -0.05) is 19.4 Å². The number of carbonyl (C=O) groups is 2. The Balaban J connectivity index is 2.34. The topological polar surface area (TPSA) is 87.5 Å². The van der Waals surface area contributed by atoms with E-state index in [0.29, 0.717) is 17.8 Å². The average molecular weight is 385 g/mol. The zero-order valence-corrected chi connectivity index (χ0v) is 17.3. The van der Waals surface area contributed by atoms with Gasteiger partial charge in [-0.3, -0.25) is 9.59 Å². The lowest BCUT2D eigenvalue weighted by molar-refractivity contribution is -0.117. The van der Waals surface area contributed by atoms with Crippen LogP contribution in [0.5, 0.6) is 0 Å². The van der Waals surface area contributed by atoms with Gasteiger partial charge in [0.1, 0.15) is 5.70 Å². The monoisotopic (exact) mass is 384 g/mol. The largest absolute Gasteiger partial charge is 0.393 e. The van der Waals surface area contributed by atoms with Crippen LogP contribution in [0.1, 0.15) is 56.8 Å².